The number of hydrogen-bond acceptors (Lipinski definition) is 3. The van der Waals surface area contributed by atoms with Crippen molar-refractivity contribution in [3.8, 4) is 0 Å². The minimum absolute atomic E-state index is 0.241. The highest BCUT2D eigenvalue weighted by Crippen LogP contribution is 2.16. The van der Waals surface area contributed by atoms with Gasteiger partial charge in [0.15, 0.2) is 0 Å². The minimum atomic E-state index is 0.241. The van der Waals surface area contributed by atoms with Gasteiger partial charge in [-0.25, -0.2) is 9.67 Å². The first-order valence-corrected chi connectivity index (χ1v) is 5.10. The van der Waals surface area contributed by atoms with E-state index in [1.54, 1.807) is 6.33 Å². The summed E-state index contributed by atoms with van der Waals surface area (Å²) in [6, 6.07) is 0. The molecule has 1 heterocycles. The van der Waals surface area contributed by atoms with Crippen molar-refractivity contribution in [1.82, 2.24) is 14.8 Å². The molecule has 0 spiro atoms. The quantitative estimate of drug-likeness (QED) is 0.787. The molecule has 4 nitrogen and oxygen atoms in total. The highest BCUT2D eigenvalue weighted by Gasteiger charge is 2.14. The van der Waals surface area contributed by atoms with Crippen molar-refractivity contribution in [2.75, 3.05) is 6.54 Å². The maximum absolute atomic E-state index is 5.46. The Morgan fingerprint density at radius 1 is 1.43 bits per heavy atom. The van der Waals surface area contributed by atoms with E-state index in [4.69, 9.17) is 5.73 Å². The van der Waals surface area contributed by atoms with Crippen molar-refractivity contribution in [2.45, 2.75) is 40.2 Å². The fraction of sp³-hybridized carbons (Fsp3) is 0.800. The summed E-state index contributed by atoms with van der Waals surface area (Å²) in [5.41, 5.74) is 5.71. The number of nitrogens with two attached hydrogens (primary N) is 1. The van der Waals surface area contributed by atoms with Gasteiger partial charge in [-0.1, -0.05) is 20.8 Å². The fourth-order valence-corrected chi connectivity index (χ4v) is 1.32. The Kier molecular flexibility index (Phi) is 3.63. The molecule has 0 saturated heterocycles. The van der Waals surface area contributed by atoms with Crippen LogP contribution in [0, 0.1) is 5.41 Å². The van der Waals surface area contributed by atoms with Crippen LogP contribution in [0.25, 0.3) is 0 Å². The number of aromatic nitrogens is 3. The van der Waals surface area contributed by atoms with Gasteiger partial charge < -0.3 is 5.73 Å². The molecule has 0 saturated carbocycles. The summed E-state index contributed by atoms with van der Waals surface area (Å²) in [6.07, 6.45) is 3.52. The fourth-order valence-electron chi connectivity index (χ4n) is 1.32. The molecule has 4 heteroatoms. The summed E-state index contributed by atoms with van der Waals surface area (Å²) in [5, 5.41) is 4.22. The predicted octanol–water partition coefficient (Wildman–Crippen LogP) is 1.22. The van der Waals surface area contributed by atoms with E-state index in [0.717, 1.165) is 25.2 Å². The van der Waals surface area contributed by atoms with Crippen molar-refractivity contribution in [1.29, 1.82) is 0 Å². The van der Waals surface area contributed by atoms with E-state index in [0.29, 0.717) is 6.54 Å². The molecule has 0 aromatic carbocycles. The van der Waals surface area contributed by atoms with E-state index in [9.17, 15) is 0 Å². The van der Waals surface area contributed by atoms with Crippen LogP contribution < -0.4 is 5.73 Å². The summed E-state index contributed by atoms with van der Waals surface area (Å²) in [4.78, 5) is 4.23. The van der Waals surface area contributed by atoms with Crippen molar-refractivity contribution >= 4 is 0 Å². The topological polar surface area (TPSA) is 56.7 Å². The first-order chi connectivity index (χ1) is 6.53. The Morgan fingerprint density at radius 2 is 2.14 bits per heavy atom. The van der Waals surface area contributed by atoms with Gasteiger partial charge in [-0.2, -0.15) is 5.10 Å². The SMILES string of the molecule is CC(C)(C)Cn1ncnc1CCCN. The van der Waals surface area contributed by atoms with Crippen LogP contribution >= 0.6 is 0 Å². The third kappa shape index (κ3) is 3.46. The van der Waals surface area contributed by atoms with Crippen LogP contribution in [0.3, 0.4) is 0 Å². The van der Waals surface area contributed by atoms with Crippen LogP contribution in [0.4, 0.5) is 0 Å². The molecular formula is C10H20N4. The minimum Gasteiger partial charge on any atom is -0.330 e. The van der Waals surface area contributed by atoms with Gasteiger partial charge in [0.2, 0.25) is 0 Å². The number of aryl methyl sites for hydroxylation is 1. The number of hydrogen-bond donors (Lipinski definition) is 1. The largest absolute Gasteiger partial charge is 0.330 e. The monoisotopic (exact) mass is 196 g/mol. The molecule has 1 aromatic rings. The van der Waals surface area contributed by atoms with E-state index in [-0.39, 0.29) is 5.41 Å². The second-order valence-corrected chi connectivity index (χ2v) is 4.79. The Bertz CT molecular complexity index is 272. The van der Waals surface area contributed by atoms with E-state index < -0.39 is 0 Å². The molecule has 0 aliphatic carbocycles. The van der Waals surface area contributed by atoms with E-state index >= 15 is 0 Å². The standard InChI is InChI=1S/C10H20N4/c1-10(2,3)7-14-9(5-4-6-11)12-8-13-14/h8H,4-7,11H2,1-3H3. The first-order valence-electron chi connectivity index (χ1n) is 5.10. The van der Waals surface area contributed by atoms with Gasteiger partial charge in [0.1, 0.15) is 12.2 Å². The highest BCUT2D eigenvalue weighted by molar-refractivity contribution is 4.86. The highest BCUT2D eigenvalue weighted by atomic mass is 15.3. The van der Waals surface area contributed by atoms with Crippen LogP contribution in [-0.2, 0) is 13.0 Å². The molecule has 0 atom stereocenters. The van der Waals surface area contributed by atoms with E-state index in [2.05, 4.69) is 30.9 Å². The Hall–Kier alpha value is -0.900. The van der Waals surface area contributed by atoms with Gasteiger partial charge in [-0.15, -0.1) is 0 Å². The maximum atomic E-state index is 5.46. The molecule has 2 N–H and O–H groups in total. The zero-order chi connectivity index (χ0) is 10.6. The molecule has 0 aliphatic rings. The lowest BCUT2D eigenvalue weighted by atomic mass is 9.97. The van der Waals surface area contributed by atoms with Crippen molar-refractivity contribution in [3.63, 3.8) is 0 Å². The molecule has 1 rings (SSSR count). The second kappa shape index (κ2) is 4.55. The molecule has 14 heavy (non-hydrogen) atoms. The zero-order valence-electron chi connectivity index (χ0n) is 9.32. The zero-order valence-corrected chi connectivity index (χ0v) is 9.32. The van der Waals surface area contributed by atoms with Crippen molar-refractivity contribution in [3.05, 3.63) is 12.2 Å². The van der Waals surface area contributed by atoms with E-state index in [1.165, 1.54) is 0 Å². The molecule has 0 aliphatic heterocycles. The van der Waals surface area contributed by atoms with Gasteiger partial charge in [0.05, 0.1) is 0 Å². The lowest BCUT2D eigenvalue weighted by molar-refractivity contribution is 0.318. The summed E-state index contributed by atoms with van der Waals surface area (Å²) < 4.78 is 1.98. The summed E-state index contributed by atoms with van der Waals surface area (Å²) in [5.74, 6) is 1.05. The lowest BCUT2D eigenvalue weighted by Gasteiger charge is -2.18. The van der Waals surface area contributed by atoms with Crippen LogP contribution in [0.2, 0.25) is 0 Å². The summed E-state index contributed by atoms with van der Waals surface area (Å²) >= 11 is 0. The van der Waals surface area contributed by atoms with Crippen LogP contribution in [-0.4, -0.2) is 21.3 Å². The van der Waals surface area contributed by atoms with Gasteiger partial charge in [-0.3, -0.25) is 0 Å². The normalized spacial score (nSPS) is 12.0. The smallest absolute Gasteiger partial charge is 0.138 e. The molecule has 0 fully saturated rings. The molecule has 1 aromatic heterocycles. The molecule has 0 unspecified atom stereocenters. The lowest BCUT2D eigenvalue weighted by Crippen LogP contribution is -2.19. The molecule has 0 amide bonds. The summed E-state index contributed by atoms with van der Waals surface area (Å²) in [7, 11) is 0. The molecule has 0 bridgehead atoms. The van der Waals surface area contributed by atoms with Gasteiger partial charge in [0, 0.05) is 13.0 Å². The predicted molar refractivity (Wildman–Crippen MR) is 56.9 cm³/mol. The van der Waals surface area contributed by atoms with Crippen molar-refractivity contribution < 1.29 is 0 Å². The average molecular weight is 196 g/mol. The summed E-state index contributed by atoms with van der Waals surface area (Å²) in [6.45, 7) is 8.21. The molecular weight excluding hydrogens is 176 g/mol. The van der Waals surface area contributed by atoms with Crippen molar-refractivity contribution in [2.24, 2.45) is 11.1 Å². The average Bonchev–Trinajstić information content (AvgIpc) is 2.45. The molecule has 0 radical (unpaired) electrons. The van der Waals surface area contributed by atoms with Crippen LogP contribution in [0.5, 0.6) is 0 Å². The van der Waals surface area contributed by atoms with Crippen LogP contribution in [0.15, 0.2) is 6.33 Å². The second-order valence-electron chi connectivity index (χ2n) is 4.79. The third-order valence-corrected chi connectivity index (χ3v) is 1.92. The first kappa shape index (κ1) is 11.2. The third-order valence-electron chi connectivity index (χ3n) is 1.92. The number of nitrogens with zero attached hydrogens (tertiary/aromatic N) is 3. The van der Waals surface area contributed by atoms with Gasteiger partial charge in [0.25, 0.3) is 0 Å². The molecule has 80 valence electrons. The van der Waals surface area contributed by atoms with Gasteiger partial charge in [-0.05, 0) is 18.4 Å². The Labute approximate surface area is 85.5 Å². The Balaban J connectivity index is 2.63. The number of rotatable bonds is 4. The van der Waals surface area contributed by atoms with Crippen LogP contribution in [0.1, 0.15) is 33.0 Å². The van der Waals surface area contributed by atoms with Gasteiger partial charge >= 0.3 is 0 Å². The van der Waals surface area contributed by atoms with E-state index in [1.807, 2.05) is 4.68 Å². The Morgan fingerprint density at radius 3 is 2.71 bits per heavy atom. The maximum Gasteiger partial charge on any atom is 0.138 e.